The second kappa shape index (κ2) is 4.13. The second-order valence-electron chi connectivity index (χ2n) is 4.19. The van der Waals surface area contributed by atoms with Gasteiger partial charge >= 0.3 is 5.97 Å². The molecule has 1 heterocycles. The monoisotopic (exact) mass is 254 g/mol. The quantitative estimate of drug-likeness (QED) is 0.731. The average molecular weight is 254 g/mol. The fraction of sp³-hybridized carbons (Fsp3) is 0. The molecule has 0 aliphatic carbocycles. The standard InChI is InChI=1S/C14H10N2O3/c17-13-9-6-5-8(14(18)19)7-12(9)15-10-3-1-2-4-11(10)16-13/h1-7,15H,(H,16,17)(H,18,19). The number of carboxylic acids is 1. The summed E-state index contributed by atoms with van der Waals surface area (Å²) in [5.74, 6) is -1.29. The van der Waals surface area contributed by atoms with E-state index in [1.807, 2.05) is 18.2 Å². The van der Waals surface area contributed by atoms with Crippen LogP contribution in [0.2, 0.25) is 0 Å². The van der Waals surface area contributed by atoms with Gasteiger partial charge in [0.25, 0.3) is 5.91 Å². The average Bonchev–Trinajstić information content (AvgIpc) is 2.54. The van der Waals surface area contributed by atoms with E-state index in [0.717, 1.165) is 5.69 Å². The molecule has 19 heavy (non-hydrogen) atoms. The summed E-state index contributed by atoms with van der Waals surface area (Å²) in [6.45, 7) is 0. The van der Waals surface area contributed by atoms with Crippen molar-refractivity contribution in [2.24, 2.45) is 0 Å². The van der Waals surface area contributed by atoms with Gasteiger partial charge in [-0.25, -0.2) is 4.79 Å². The number of anilines is 3. The van der Waals surface area contributed by atoms with Crippen molar-refractivity contribution in [3.63, 3.8) is 0 Å². The largest absolute Gasteiger partial charge is 0.478 e. The fourth-order valence-corrected chi connectivity index (χ4v) is 2.01. The molecule has 2 aromatic rings. The zero-order chi connectivity index (χ0) is 13.4. The Bertz CT molecular complexity index is 695. The summed E-state index contributed by atoms with van der Waals surface area (Å²) in [5, 5.41) is 14.8. The maximum absolute atomic E-state index is 12.1. The molecule has 0 atom stereocenters. The molecule has 1 amide bonds. The van der Waals surface area contributed by atoms with Crippen LogP contribution in [0.15, 0.2) is 42.5 Å². The van der Waals surface area contributed by atoms with Gasteiger partial charge in [0.1, 0.15) is 0 Å². The van der Waals surface area contributed by atoms with E-state index < -0.39 is 5.97 Å². The normalized spacial score (nSPS) is 12.5. The molecular formula is C14H10N2O3. The first-order valence-electron chi connectivity index (χ1n) is 5.70. The van der Waals surface area contributed by atoms with Crippen LogP contribution in [0.4, 0.5) is 17.1 Å². The van der Waals surface area contributed by atoms with Crippen LogP contribution in [0.5, 0.6) is 0 Å². The molecule has 3 rings (SSSR count). The molecule has 3 N–H and O–H groups in total. The topological polar surface area (TPSA) is 78.4 Å². The third-order valence-electron chi connectivity index (χ3n) is 2.96. The van der Waals surface area contributed by atoms with Gasteiger partial charge in [-0.2, -0.15) is 0 Å². The van der Waals surface area contributed by atoms with Crippen molar-refractivity contribution in [1.82, 2.24) is 0 Å². The number of hydrogen-bond acceptors (Lipinski definition) is 3. The summed E-state index contributed by atoms with van der Waals surface area (Å²) in [6, 6.07) is 11.6. The van der Waals surface area contributed by atoms with Crippen molar-refractivity contribution in [2.45, 2.75) is 0 Å². The summed E-state index contributed by atoms with van der Waals surface area (Å²) in [6.07, 6.45) is 0. The molecule has 0 radical (unpaired) electrons. The molecule has 0 unspecified atom stereocenters. The third kappa shape index (κ3) is 1.91. The van der Waals surface area contributed by atoms with E-state index in [1.54, 1.807) is 6.07 Å². The lowest BCUT2D eigenvalue weighted by Crippen LogP contribution is -2.11. The lowest BCUT2D eigenvalue weighted by Gasteiger charge is -2.08. The Hall–Kier alpha value is -2.82. The number of fused-ring (bicyclic) bond motifs is 2. The van der Waals surface area contributed by atoms with Crippen molar-refractivity contribution in [2.75, 3.05) is 10.6 Å². The SMILES string of the molecule is O=C(O)c1ccc2c(c1)Nc1ccccc1NC2=O. The van der Waals surface area contributed by atoms with Crippen molar-refractivity contribution < 1.29 is 14.7 Å². The summed E-state index contributed by atoms with van der Waals surface area (Å²) in [4.78, 5) is 23.0. The van der Waals surface area contributed by atoms with Crippen molar-refractivity contribution in [3.8, 4) is 0 Å². The smallest absolute Gasteiger partial charge is 0.335 e. The zero-order valence-electron chi connectivity index (χ0n) is 9.81. The summed E-state index contributed by atoms with van der Waals surface area (Å²) >= 11 is 0. The van der Waals surface area contributed by atoms with E-state index >= 15 is 0 Å². The number of aromatic carboxylic acids is 1. The number of carbonyl (C=O) groups excluding carboxylic acids is 1. The molecule has 5 heteroatoms. The lowest BCUT2D eigenvalue weighted by molar-refractivity contribution is 0.0696. The predicted octanol–water partition coefficient (Wildman–Crippen LogP) is 2.69. The number of carbonyl (C=O) groups is 2. The first-order valence-corrected chi connectivity index (χ1v) is 5.70. The van der Waals surface area contributed by atoms with Crippen LogP contribution >= 0.6 is 0 Å². The molecule has 0 saturated carbocycles. The molecule has 5 nitrogen and oxygen atoms in total. The Kier molecular flexibility index (Phi) is 2.45. The summed E-state index contributed by atoms with van der Waals surface area (Å²) < 4.78 is 0. The molecule has 0 saturated heterocycles. The van der Waals surface area contributed by atoms with E-state index in [0.29, 0.717) is 16.9 Å². The maximum Gasteiger partial charge on any atom is 0.335 e. The van der Waals surface area contributed by atoms with Gasteiger partial charge in [0.05, 0.1) is 28.2 Å². The first kappa shape index (κ1) is 11.3. The molecule has 94 valence electrons. The van der Waals surface area contributed by atoms with Crippen molar-refractivity contribution in [1.29, 1.82) is 0 Å². The Morgan fingerprint density at radius 1 is 0.947 bits per heavy atom. The molecule has 0 aromatic heterocycles. The number of carboxylic acid groups (broad SMARTS) is 1. The van der Waals surface area contributed by atoms with Crippen molar-refractivity contribution >= 4 is 28.9 Å². The van der Waals surface area contributed by atoms with Crippen LogP contribution in [0, 0.1) is 0 Å². The van der Waals surface area contributed by atoms with Crippen LogP contribution in [-0.4, -0.2) is 17.0 Å². The van der Waals surface area contributed by atoms with Crippen LogP contribution in [0.25, 0.3) is 0 Å². The number of nitrogens with one attached hydrogen (secondary N) is 2. The molecule has 1 aliphatic heterocycles. The molecular weight excluding hydrogens is 244 g/mol. The van der Waals surface area contributed by atoms with Gasteiger partial charge in [-0.05, 0) is 30.3 Å². The van der Waals surface area contributed by atoms with Crippen LogP contribution < -0.4 is 10.6 Å². The Labute approximate surface area is 108 Å². The minimum atomic E-state index is -1.03. The van der Waals surface area contributed by atoms with E-state index in [2.05, 4.69) is 10.6 Å². The second-order valence-corrected chi connectivity index (χ2v) is 4.19. The molecule has 1 aliphatic rings. The zero-order valence-corrected chi connectivity index (χ0v) is 9.81. The van der Waals surface area contributed by atoms with E-state index in [9.17, 15) is 9.59 Å². The number of benzene rings is 2. The van der Waals surface area contributed by atoms with E-state index in [1.165, 1.54) is 18.2 Å². The highest BCUT2D eigenvalue weighted by atomic mass is 16.4. The minimum absolute atomic E-state index is 0.137. The van der Waals surface area contributed by atoms with Gasteiger partial charge in [0.15, 0.2) is 0 Å². The van der Waals surface area contributed by atoms with Gasteiger partial charge < -0.3 is 15.7 Å². The van der Waals surface area contributed by atoms with Gasteiger partial charge in [0.2, 0.25) is 0 Å². The Morgan fingerprint density at radius 3 is 2.32 bits per heavy atom. The Morgan fingerprint density at radius 2 is 1.63 bits per heavy atom. The van der Waals surface area contributed by atoms with Gasteiger partial charge in [0, 0.05) is 0 Å². The summed E-state index contributed by atoms with van der Waals surface area (Å²) in [5.41, 5.74) is 2.44. The minimum Gasteiger partial charge on any atom is -0.478 e. The first-order chi connectivity index (χ1) is 9.15. The fourth-order valence-electron chi connectivity index (χ4n) is 2.01. The highest BCUT2D eigenvalue weighted by Gasteiger charge is 2.19. The van der Waals surface area contributed by atoms with Crippen LogP contribution in [0.3, 0.4) is 0 Å². The highest BCUT2D eigenvalue weighted by Crippen LogP contribution is 2.32. The lowest BCUT2D eigenvalue weighted by atomic mass is 10.1. The predicted molar refractivity (Wildman–Crippen MR) is 71.1 cm³/mol. The van der Waals surface area contributed by atoms with E-state index in [4.69, 9.17) is 5.11 Å². The number of hydrogen-bond donors (Lipinski definition) is 3. The van der Waals surface area contributed by atoms with Gasteiger partial charge in [-0.3, -0.25) is 4.79 Å². The number of amides is 1. The molecule has 0 fully saturated rings. The van der Waals surface area contributed by atoms with E-state index in [-0.39, 0.29) is 11.5 Å². The molecule has 0 bridgehead atoms. The van der Waals surface area contributed by atoms with Crippen LogP contribution in [0.1, 0.15) is 20.7 Å². The maximum atomic E-state index is 12.1. The third-order valence-corrected chi connectivity index (χ3v) is 2.96. The van der Waals surface area contributed by atoms with Crippen LogP contribution in [-0.2, 0) is 0 Å². The molecule has 0 spiro atoms. The summed E-state index contributed by atoms with van der Waals surface area (Å²) in [7, 11) is 0. The number of para-hydroxylation sites is 2. The van der Waals surface area contributed by atoms with Gasteiger partial charge in [-0.15, -0.1) is 0 Å². The molecule has 2 aromatic carbocycles. The van der Waals surface area contributed by atoms with Crippen molar-refractivity contribution in [3.05, 3.63) is 53.6 Å². The van der Waals surface area contributed by atoms with Gasteiger partial charge in [-0.1, -0.05) is 12.1 Å². The Balaban J connectivity index is 2.15. The number of rotatable bonds is 1. The highest BCUT2D eigenvalue weighted by molar-refractivity contribution is 6.12.